The Morgan fingerprint density at radius 1 is 1.19 bits per heavy atom. The summed E-state index contributed by atoms with van der Waals surface area (Å²) >= 11 is 0. The Morgan fingerprint density at radius 2 is 1.88 bits per heavy atom. The van der Waals surface area contributed by atoms with E-state index in [1.165, 1.54) is 44.9 Å². The number of hydrogen-bond acceptors (Lipinski definition) is 1. The molecule has 1 N–H and O–H groups in total. The zero-order valence-electron chi connectivity index (χ0n) is 10.5. The largest absolute Gasteiger partial charge is 0.335 e. The summed E-state index contributed by atoms with van der Waals surface area (Å²) in [5.74, 6) is 0.776. The fraction of sp³-hybridized carbons (Fsp3) is 0.923. The first kappa shape index (κ1) is 11.7. The first-order chi connectivity index (χ1) is 7.66. The van der Waals surface area contributed by atoms with Crippen LogP contribution in [0.4, 0.5) is 4.79 Å². The average molecular weight is 224 g/mol. The van der Waals surface area contributed by atoms with Crippen LogP contribution in [0.3, 0.4) is 0 Å². The summed E-state index contributed by atoms with van der Waals surface area (Å²) in [5, 5.41) is 3.12. The summed E-state index contributed by atoms with van der Waals surface area (Å²) in [5.41, 5.74) is 0. The van der Waals surface area contributed by atoms with Gasteiger partial charge in [-0.3, -0.25) is 0 Å². The van der Waals surface area contributed by atoms with Crippen molar-refractivity contribution in [2.24, 2.45) is 5.92 Å². The lowest BCUT2D eigenvalue weighted by Gasteiger charge is -2.36. The second kappa shape index (κ2) is 5.07. The van der Waals surface area contributed by atoms with E-state index in [0.717, 1.165) is 5.92 Å². The lowest BCUT2D eigenvalue weighted by molar-refractivity contribution is 0.153. The van der Waals surface area contributed by atoms with Gasteiger partial charge in [0.25, 0.3) is 0 Å². The van der Waals surface area contributed by atoms with Crippen molar-refractivity contribution in [3.8, 4) is 0 Å². The van der Waals surface area contributed by atoms with Gasteiger partial charge in [-0.1, -0.05) is 19.8 Å². The molecule has 16 heavy (non-hydrogen) atoms. The highest BCUT2D eigenvalue weighted by molar-refractivity contribution is 5.74. The number of amides is 2. The van der Waals surface area contributed by atoms with Gasteiger partial charge >= 0.3 is 6.03 Å². The van der Waals surface area contributed by atoms with Crippen molar-refractivity contribution in [3.63, 3.8) is 0 Å². The van der Waals surface area contributed by atoms with Gasteiger partial charge in [-0.05, 0) is 38.0 Å². The van der Waals surface area contributed by atoms with Crippen LogP contribution in [-0.2, 0) is 0 Å². The lowest BCUT2D eigenvalue weighted by Crippen LogP contribution is -2.50. The van der Waals surface area contributed by atoms with Gasteiger partial charge in [0.2, 0.25) is 0 Å². The van der Waals surface area contributed by atoms with Gasteiger partial charge in [0.05, 0.1) is 0 Å². The van der Waals surface area contributed by atoms with Crippen LogP contribution in [0.1, 0.15) is 51.9 Å². The average Bonchev–Trinajstić information content (AvgIpc) is 2.22. The van der Waals surface area contributed by atoms with Crippen molar-refractivity contribution in [1.29, 1.82) is 0 Å². The molecule has 0 aromatic heterocycles. The Morgan fingerprint density at radius 3 is 2.44 bits per heavy atom. The Bertz CT molecular complexity index is 250. The molecule has 0 bridgehead atoms. The molecule has 2 fully saturated rings. The summed E-state index contributed by atoms with van der Waals surface area (Å²) in [6.45, 7) is 2.30. The number of nitrogens with zero attached hydrogens (tertiary/aromatic N) is 1. The van der Waals surface area contributed by atoms with Crippen LogP contribution in [0.25, 0.3) is 0 Å². The molecule has 0 saturated heterocycles. The summed E-state index contributed by atoms with van der Waals surface area (Å²) in [4.78, 5) is 13.9. The number of carbonyl (C=O) groups is 1. The monoisotopic (exact) mass is 224 g/mol. The molecule has 3 nitrogen and oxygen atoms in total. The minimum absolute atomic E-state index is 0.142. The molecule has 92 valence electrons. The maximum Gasteiger partial charge on any atom is 0.317 e. The van der Waals surface area contributed by atoms with Crippen molar-refractivity contribution < 1.29 is 4.79 Å². The van der Waals surface area contributed by atoms with Crippen molar-refractivity contribution in [3.05, 3.63) is 0 Å². The van der Waals surface area contributed by atoms with Crippen LogP contribution in [-0.4, -0.2) is 30.1 Å². The molecule has 0 heterocycles. The zero-order valence-corrected chi connectivity index (χ0v) is 10.5. The Balaban J connectivity index is 1.80. The number of carbonyl (C=O) groups excluding carboxylic acids is 1. The molecule has 2 aliphatic carbocycles. The summed E-state index contributed by atoms with van der Waals surface area (Å²) in [6.07, 6.45) is 8.56. The van der Waals surface area contributed by atoms with Crippen molar-refractivity contribution in [2.45, 2.75) is 64.0 Å². The van der Waals surface area contributed by atoms with Crippen molar-refractivity contribution >= 4 is 6.03 Å². The predicted molar refractivity (Wildman–Crippen MR) is 65.4 cm³/mol. The molecular weight excluding hydrogens is 200 g/mol. The van der Waals surface area contributed by atoms with E-state index < -0.39 is 0 Å². The Labute approximate surface area is 98.6 Å². The van der Waals surface area contributed by atoms with Crippen LogP contribution in [0.2, 0.25) is 0 Å². The SMILES string of the molecule is CC1CCCC(N(C)C(=O)NC2CCC2)C1. The number of urea groups is 1. The highest BCUT2D eigenvalue weighted by Crippen LogP contribution is 2.27. The third-order valence-electron chi connectivity index (χ3n) is 4.21. The maximum atomic E-state index is 12.0. The fourth-order valence-corrected chi connectivity index (χ4v) is 2.75. The maximum absolute atomic E-state index is 12.0. The minimum atomic E-state index is 0.142. The summed E-state index contributed by atoms with van der Waals surface area (Å²) < 4.78 is 0. The van der Waals surface area contributed by atoms with E-state index in [9.17, 15) is 4.79 Å². The van der Waals surface area contributed by atoms with Gasteiger partial charge in [0.1, 0.15) is 0 Å². The van der Waals surface area contributed by atoms with E-state index in [0.29, 0.717) is 12.1 Å². The number of nitrogens with one attached hydrogen (secondary N) is 1. The van der Waals surface area contributed by atoms with E-state index in [1.54, 1.807) is 0 Å². The zero-order chi connectivity index (χ0) is 11.5. The molecule has 2 saturated carbocycles. The minimum Gasteiger partial charge on any atom is -0.335 e. The van der Waals surface area contributed by atoms with Crippen molar-refractivity contribution in [1.82, 2.24) is 10.2 Å². The molecule has 0 aliphatic heterocycles. The second-order valence-corrected chi connectivity index (χ2v) is 5.61. The molecule has 2 amide bonds. The highest BCUT2D eigenvalue weighted by Gasteiger charge is 2.27. The van der Waals surface area contributed by atoms with Crippen LogP contribution in [0, 0.1) is 5.92 Å². The molecule has 0 aromatic carbocycles. The van der Waals surface area contributed by atoms with Crippen LogP contribution in [0.5, 0.6) is 0 Å². The number of rotatable bonds is 2. The third kappa shape index (κ3) is 2.69. The molecular formula is C13H24N2O. The molecule has 0 radical (unpaired) electrons. The predicted octanol–water partition coefficient (Wildman–Crippen LogP) is 2.76. The van der Waals surface area contributed by atoms with Gasteiger partial charge in [0, 0.05) is 19.1 Å². The standard InChI is InChI=1S/C13H24N2O/c1-10-5-3-8-12(9-10)15(2)13(16)14-11-6-4-7-11/h10-12H,3-9H2,1-2H3,(H,14,16). The molecule has 3 heteroatoms. The number of hydrogen-bond donors (Lipinski definition) is 1. The first-order valence-corrected chi connectivity index (χ1v) is 6.70. The molecule has 0 aromatic rings. The Hall–Kier alpha value is -0.730. The third-order valence-corrected chi connectivity index (χ3v) is 4.21. The smallest absolute Gasteiger partial charge is 0.317 e. The fourth-order valence-electron chi connectivity index (χ4n) is 2.75. The van der Waals surface area contributed by atoms with E-state index in [1.807, 2.05) is 11.9 Å². The topological polar surface area (TPSA) is 32.3 Å². The molecule has 2 aliphatic rings. The highest BCUT2D eigenvalue weighted by atomic mass is 16.2. The van der Waals surface area contributed by atoms with E-state index >= 15 is 0 Å². The van der Waals surface area contributed by atoms with Crippen molar-refractivity contribution in [2.75, 3.05) is 7.05 Å². The molecule has 2 rings (SSSR count). The lowest BCUT2D eigenvalue weighted by atomic mass is 9.86. The summed E-state index contributed by atoms with van der Waals surface area (Å²) in [7, 11) is 1.96. The van der Waals surface area contributed by atoms with E-state index in [4.69, 9.17) is 0 Å². The van der Waals surface area contributed by atoms with Gasteiger partial charge in [-0.25, -0.2) is 4.79 Å². The van der Waals surface area contributed by atoms with Crippen LogP contribution in [0.15, 0.2) is 0 Å². The molecule has 2 atom stereocenters. The van der Waals surface area contributed by atoms with E-state index in [2.05, 4.69) is 12.2 Å². The molecule has 2 unspecified atom stereocenters. The van der Waals surface area contributed by atoms with Crippen LogP contribution >= 0.6 is 0 Å². The van der Waals surface area contributed by atoms with Gasteiger partial charge in [0.15, 0.2) is 0 Å². The second-order valence-electron chi connectivity index (χ2n) is 5.61. The van der Waals surface area contributed by atoms with Gasteiger partial charge in [-0.2, -0.15) is 0 Å². The first-order valence-electron chi connectivity index (χ1n) is 6.70. The molecule has 0 spiro atoms. The summed E-state index contributed by atoms with van der Waals surface area (Å²) in [6, 6.07) is 1.06. The van der Waals surface area contributed by atoms with Crippen LogP contribution < -0.4 is 5.32 Å². The van der Waals surface area contributed by atoms with Gasteiger partial charge < -0.3 is 10.2 Å². The Kier molecular flexibility index (Phi) is 3.72. The van der Waals surface area contributed by atoms with E-state index in [-0.39, 0.29) is 6.03 Å². The van der Waals surface area contributed by atoms with Gasteiger partial charge in [-0.15, -0.1) is 0 Å². The normalized spacial score (nSPS) is 30.6. The quantitative estimate of drug-likeness (QED) is 0.768.